The molecule has 0 fully saturated rings. The van der Waals surface area contributed by atoms with Gasteiger partial charge in [0.2, 0.25) is 0 Å². The fourth-order valence-corrected chi connectivity index (χ4v) is 2.89. The van der Waals surface area contributed by atoms with Gasteiger partial charge in [0.1, 0.15) is 23.2 Å². The second-order valence-electron chi connectivity index (χ2n) is 6.50. The van der Waals surface area contributed by atoms with Crippen molar-refractivity contribution < 1.29 is 18.7 Å². The largest absolute Gasteiger partial charge is 0.482 e. The SMILES string of the molecule is N#C/C(=C\c1ccc(OCC(=O)Nc2ccccc2F)c(Cl)c1)C(=O)Nc1ccccc1. The van der Waals surface area contributed by atoms with Crippen molar-refractivity contribution in [2.45, 2.75) is 0 Å². The number of para-hydroxylation sites is 2. The molecule has 0 radical (unpaired) electrons. The van der Waals surface area contributed by atoms with Gasteiger partial charge >= 0.3 is 0 Å². The molecule has 0 aliphatic carbocycles. The van der Waals surface area contributed by atoms with Crippen LogP contribution in [-0.4, -0.2) is 18.4 Å². The van der Waals surface area contributed by atoms with Crippen molar-refractivity contribution in [1.29, 1.82) is 5.26 Å². The minimum atomic E-state index is -0.556. The molecule has 6 nitrogen and oxygen atoms in total. The zero-order valence-electron chi connectivity index (χ0n) is 16.6. The molecule has 3 rings (SSSR count). The second kappa shape index (κ2) is 10.8. The maximum absolute atomic E-state index is 13.6. The first-order valence-corrected chi connectivity index (χ1v) is 9.79. The summed E-state index contributed by atoms with van der Waals surface area (Å²) in [5.41, 5.74) is 1.00. The van der Waals surface area contributed by atoms with Crippen molar-refractivity contribution in [1.82, 2.24) is 0 Å². The summed E-state index contributed by atoms with van der Waals surface area (Å²) in [7, 11) is 0. The Hall–Kier alpha value is -4.15. The number of nitrogens with one attached hydrogen (secondary N) is 2. The van der Waals surface area contributed by atoms with E-state index in [0.29, 0.717) is 11.3 Å². The molecule has 0 saturated carbocycles. The summed E-state index contributed by atoms with van der Waals surface area (Å²) in [5, 5.41) is 14.6. The summed E-state index contributed by atoms with van der Waals surface area (Å²) in [6.07, 6.45) is 1.39. The molecule has 32 heavy (non-hydrogen) atoms. The normalized spacial score (nSPS) is 10.7. The van der Waals surface area contributed by atoms with Crippen LogP contribution in [0, 0.1) is 17.1 Å². The quantitative estimate of drug-likeness (QED) is 0.390. The number of nitriles is 1. The summed E-state index contributed by atoms with van der Waals surface area (Å²) < 4.78 is 19.0. The highest BCUT2D eigenvalue weighted by Gasteiger charge is 2.12. The van der Waals surface area contributed by atoms with Gasteiger partial charge in [0.25, 0.3) is 11.8 Å². The molecule has 0 atom stereocenters. The Balaban J connectivity index is 1.63. The lowest BCUT2D eigenvalue weighted by atomic mass is 10.1. The smallest absolute Gasteiger partial charge is 0.266 e. The van der Waals surface area contributed by atoms with Crippen LogP contribution in [0.1, 0.15) is 5.56 Å². The number of halogens is 2. The van der Waals surface area contributed by atoms with E-state index in [1.807, 2.05) is 12.1 Å². The Morgan fingerprint density at radius 1 is 1.03 bits per heavy atom. The first kappa shape index (κ1) is 22.5. The molecule has 0 unspecified atom stereocenters. The molecule has 3 aromatic rings. The number of ether oxygens (including phenoxy) is 1. The second-order valence-corrected chi connectivity index (χ2v) is 6.90. The van der Waals surface area contributed by atoms with E-state index in [0.717, 1.165) is 0 Å². The van der Waals surface area contributed by atoms with Gasteiger partial charge in [0, 0.05) is 5.69 Å². The molecule has 3 aromatic carbocycles. The molecule has 8 heteroatoms. The topological polar surface area (TPSA) is 91.2 Å². The highest BCUT2D eigenvalue weighted by atomic mass is 35.5. The van der Waals surface area contributed by atoms with Gasteiger partial charge in [-0.2, -0.15) is 5.26 Å². The highest BCUT2D eigenvalue weighted by Crippen LogP contribution is 2.26. The number of benzene rings is 3. The number of hydrogen-bond acceptors (Lipinski definition) is 4. The van der Waals surface area contributed by atoms with Crippen molar-refractivity contribution in [3.63, 3.8) is 0 Å². The standard InChI is InChI=1S/C24H17ClFN3O3/c25-19-13-16(12-17(14-27)24(31)28-18-6-2-1-3-7-18)10-11-22(19)32-15-23(30)29-21-9-5-4-8-20(21)26/h1-13H,15H2,(H,28,31)(H,29,30)/b17-12+. The maximum atomic E-state index is 13.6. The number of amides is 2. The van der Waals surface area contributed by atoms with Gasteiger partial charge < -0.3 is 15.4 Å². The summed E-state index contributed by atoms with van der Waals surface area (Å²) >= 11 is 6.20. The Morgan fingerprint density at radius 3 is 2.44 bits per heavy atom. The van der Waals surface area contributed by atoms with E-state index >= 15 is 0 Å². The molecule has 0 aromatic heterocycles. The number of hydrogen-bond donors (Lipinski definition) is 2. The van der Waals surface area contributed by atoms with Crippen LogP contribution >= 0.6 is 11.6 Å². The molecule has 0 aliphatic rings. The van der Waals surface area contributed by atoms with Crippen LogP contribution in [0.15, 0.2) is 78.4 Å². The Morgan fingerprint density at radius 2 is 1.75 bits per heavy atom. The van der Waals surface area contributed by atoms with Crippen molar-refractivity contribution in [3.8, 4) is 11.8 Å². The minimum Gasteiger partial charge on any atom is -0.482 e. The number of nitrogens with zero attached hydrogens (tertiary/aromatic N) is 1. The average molecular weight is 450 g/mol. The van der Waals surface area contributed by atoms with Gasteiger partial charge in [0.05, 0.1) is 10.7 Å². The first-order valence-electron chi connectivity index (χ1n) is 9.41. The van der Waals surface area contributed by atoms with Crippen molar-refractivity contribution in [2.75, 3.05) is 17.2 Å². The van der Waals surface area contributed by atoms with E-state index in [1.165, 1.54) is 36.4 Å². The number of carbonyl (C=O) groups excluding carboxylic acids is 2. The van der Waals surface area contributed by atoms with E-state index in [-0.39, 0.29) is 28.6 Å². The summed E-state index contributed by atoms with van der Waals surface area (Å²) in [6, 6.07) is 21.0. The Kier molecular flexibility index (Phi) is 7.57. The van der Waals surface area contributed by atoms with Gasteiger partial charge in [-0.15, -0.1) is 0 Å². The number of anilines is 2. The van der Waals surface area contributed by atoms with Crippen LogP contribution in [0.5, 0.6) is 5.75 Å². The lowest BCUT2D eigenvalue weighted by Gasteiger charge is -2.10. The fourth-order valence-electron chi connectivity index (χ4n) is 2.65. The van der Waals surface area contributed by atoms with Crippen LogP contribution in [0.3, 0.4) is 0 Å². The molecular formula is C24H17ClFN3O3. The van der Waals surface area contributed by atoms with Crippen molar-refractivity contribution in [2.24, 2.45) is 0 Å². The molecule has 160 valence electrons. The molecule has 0 bridgehead atoms. The van der Waals surface area contributed by atoms with E-state index in [1.54, 1.807) is 36.4 Å². The predicted molar refractivity (Wildman–Crippen MR) is 121 cm³/mol. The van der Waals surface area contributed by atoms with Crippen LogP contribution < -0.4 is 15.4 Å². The first-order chi connectivity index (χ1) is 15.5. The van der Waals surface area contributed by atoms with Gasteiger partial charge in [-0.05, 0) is 48.0 Å². The summed E-state index contributed by atoms with van der Waals surface area (Å²) in [5.74, 6) is -1.45. The molecule has 2 N–H and O–H groups in total. The van der Waals surface area contributed by atoms with E-state index in [2.05, 4.69) is 10.6 Å². The average Bonchev–Trinajstić information content (AvgIpc) is 2.79. The zero-order chi connectivity index (χ0) is 22.9. The molecule has 2 amide bonds. The van der Waals surface area contributed by atoms with Crippen molar-refractivity contribution >= 4 is 40.9 Å². The van der Waals surface area contributed by atoms with E-state index < -0.39 is 17.6 Å². The third-order valence-electron chi connectivity index (χ3n) is 4.17. The zero-order valence-corrected chi connectivity index (χ0v) is 17.4. The summed E-state index contributed by atoms with van der Waals surface area (Å²) in [6.45, 7) is -0.383. The van der Waals surface area contributed by atoms with Gasteiger partial charge in [-0.1, -0.05) is 48.0 Å². The van der Waals surface area contributed by atoms with Gasteiger partial charge in [-0.25, -0.2) is 4.39 Å². The maximum Gasteiger partial charge on any atom is 0.266 e. The molecular weight excluding hydrogens is 433 g/mol. The van der Waals surface area contributed by atoms with E-state index in [9.17, 15) is 19.2 Å². The van der Waals surface area contributed by atoms with Crippen LogP contribution in [-0.2, 0) is 9.59 Å². The third-order valence-corrected chi connectivity index (χ3v) is 4.47. The number of carbonyl (C=O) groups is 2. The van der Waals surface area contributed by atoms with E-state index in [4.69, 9.17) is 16.3 Å². The molecule has 0 saturated heterocycles. The van der Waals surface area contributed by atoms with Crippen LogP contribution in [0.4, 0.5) is 15.8 Å². The molecule has 0 spiro atoms. The monoisotopic (exact) mass is 449 g/mol. The third kappa shape index (κ3) is 6.17. The van der Waals surface area contributed by atoms with Gasteiger partial charge in [0.15, 0.2) is 6.61 Å². The van der Waals surface area contributed by atoms with Crippen molar-refractivity contribution in [3.05, 3.63) is 94.8 Å². The minimum absolute atomic E-state index is 0.0468. The fraction of sp³-hybridized carbons (Fsp3) is 0.0417. The lowest BCUT2D eigenvalue weighted by Crippen LogP contribution is -2.20. The van der Waals surface area contributed by atoms with Crippen LogP contribution in [0.2, 0.25) is 5.02 Å². The number of rotatable bonds is 7. The molecule has 0 aliphatic heterocycles. The van der Waals surface area contributed by atoms with Crippen LogP contribution in [0.25, 0.3) is 6.08 Å². The Bertz CT molecular complexity index is 1210. The highest BCUT2D eigenvalue weighted by molar-refractivity contribution is 6.32. The Labute approximate surface area is 188 Å². The predicted octanol–water partition coefficient (Wildman–Crippen LogP) is 5.04. The summed E-state index contributed by atoms with van der Waals surface area (Å²) in [4.78, 5) is 24.3. The van der Waals surface area contributed by atoms with Gasteiger partial charge in [-0.3, -0.25) is 9.59 Å². The lowest BCUT2D eigenvalue weighted by molar-refractivity contribution is -0.118. The molecule has 0 heterocycles.